The lowest BCUT2D eigenvalue weighted by molar-refractivity contribution is 0.661. The minimum Gasteiger partial charge on any atom is -0.309 e. The maximum Gasteiger partial charge on any atom is 0.235 e. The monoisotopic (exact) mass is 708 g/mol. The normalized spacial score (nSPS) is 13.5. The average Bonchev–Trinajstić information content (AvgIpc) is 3.93. The van der Waals surface area contributed by atoms with Gasteiger partial charge in [0.25, 0.3) is 0 Å². The van der Waals surface area contributed by atoms with Gasteiger partial charge in [0.2, 0.25) is 5.95 Å². The molecule has 7 aromatic carbocycles. The van der Waals surface area contributed by atoms with Crippen molar-refractivity contribution in [3.8, 4) is 34.0 Å². The van der Waals surface area contributed by atoms with E-state index in [1.165, 1.54) is 59.5 Å². The Hall–Kier alpha value is -6.56. The molecular formula is C49H32N4S. The van der Waals surface area contributed by atoms with Gasteiger partial charge in [-0.15, -0.1) is 11.3 Å². The Morgan fingerprint density at radius 2 is 1.20 bits per heavy atom. The zero-order valence-corrected chi connectivity index (χ0v) is 30.5. The summed E-state index contributed by atoms with van der Waals surface area (Å²) in [5.74, 6) is 0.676. The van der Waals surface area contributed by atoms with E-state index >= 15 is 0 Å². The number of para-hydroxylation sites is 2. The molecule has 0 amide bonds. The van der Waals surface area contributed by atoms with Gasteiger partial charge in [-0.05, 0) is 58.7 Å². The lowest BCUT2D eigenvalue weighted by Gasteiger charge is -2.21. The second kappa shape index (κ2) is 10.8. The summed E-state index contributed by atoms with van der Waals surface area (Å²) in [6.45, 7) is 4.71. The molecule has 5 heteroatoms. The fraction of sp³-hybridized carbons (Fsp3) is 0.0612. The molecule has 0 unspecified atom stereocenters. The van der Waals surface area contributed by atoms with Crippen LogP contribution in [0.3, 0.4) is 0 Å². The first-order chi connectivity index (χ1) is 26.6. The molecule has 0 spiro atoms. The molecule has 254 valence electrons. The van der Waals surface area contributed by atoms with Gasteiger partial charge in [0, 0.05) is 48.3 Å². The maximum atomic E-state index is 5.52. The molecule has 0 N–H and O–H groups in total. The lowest BCUT2D eigenvalue weighted by Crippen LogP contribution is -2.14. The summed E-state index contributed by atoms with van der Waals surface area (Å²) in [4.78, 5) is 11.0. The summed E-state index contributed by atoms with van der Waals surface area (Å²) in [6.07, 6.45) is 0. The highest BCUT2D eigenvalue weighted by atomic mass is 32.1. The molecule has 0 aliphatic heterocycles. The van der Waals surface area contributed by atoms with Crippen molar-refractivity contribution in [3.63, 3.8) is 0 Å². The van der Waals surface area contributed by atoms with Crippen LogP contribution in [-0.4, -0.2) is 19.1 Å². The van der Waals surface area contributed by atoms with Gasteiger partial charge in [0.15, 0.2) is 0 Å². The highest BCUT2D eigenvalue weighted by Gasteiger charge is 2.37. The fourth-order valence-electron chi connectivity index (χ4n) is 9.31. The summed E-state index contributed by atoms with van der Waals surface area (Å²) < 4.78 is 7.05. The third-order valence-electron chi connectivity index (χ3n) is 11.8. The van der Waals surface area contributed by atoms with Crippen LogP contribution in [0.2, 0.25) is 0 Å². The number of aromatic nitrogens is 4. The van der Waals surface area contributed by atoms with Gasteiger partial charge < -0.3 is 4.57 Å². The van der Waals surface area contributed by atoms with Gasteiger partial charge in [-0.25, -0.2) is 9.97 Å². The first-order valence-electron chi connectivity index (χ1n) is 18.5. The van der Waals surface area contributed by atoms with Crippen LogP contribution in [0.25, 0.3) is 97.9 Å². The molecule has 12 rings (SSSR count). The van der Waals surface area contributed by atoms with Crippen molar-refractivity contribution in [2.75, 3.05) is 0 Å². The van der Waals surface area contributed by atoms with E-state index < -0.39 is 0 Å². The Morgan fingerprint density at radius 3 is 2.00 bits per heavy atom. The molecule has 1 aliphatic rings. The molecule has 4 nitrogen and oxygen atoms in total. The number of nitrogens with zero attached hydrogens (tertiary/aromatic N) is 4. The second-order valence-electron chi connectivity index (χ2n) is 15.0. The molecule has 54 heavy (non-hydrogen) atoms. The van der Waals surface area contributed by atoms with Crippen LogP contribution in [0.1, 0.15) is 25.0 Å². The maximum absolute atomic E-state index is 5.52. The lowest BCUT2D eigenvalue weighted by atomic mass is 9.82. The molecule has 0 saturated heterocycles. The minimum atomic E-state index is -0.122. The van der Waals surface area contributed by atoms with Crippen molar-refractivity contribution < 1.29 is 0 Å². The molecule has 4 aromatic heterocycles. The van der Waals surface area contributed by atoms with Gasteiger partial charge in [0.05, 0.1) is 38.0 Å². The number of benzene rings is 7. The van der Waals surface area contributed by atoms with Crippen molar-refractivity contribution >= 4 is 75.3 Å². The van der Waals surface area contributed by atoms with E-state index in [0.29, 0.717) is 5.95 Å². The van der Waals surface area contributed by atoms with Crippen molar-refractivity contribution in [2.45, 2.75) is 19.3 Å². The van der Waals surface area contributed by atoms with Crippen LogP contribution in [-0.2, 0) is 5.41 Å². The number of hydrogen-bond donors (Lipinski definition) is 0. The van der Waals surface area contributed by atoms with Crippen molar-refractivity contribution in [2.24, 2.45) is 0 Å². The van der Waals surface area contributed by atoms with E-state index in [4.69, 9.17) is 9.97 Å². The number of rotatable bonds is 3. The van der Waals surface area contributed by atoms with Crippen LogP contribution in [0.4, 0.5) is 0 Å². The molecule has 0 bridgehead atoms. The first kappa shape index (κ1) is 30.0. The fourth-order valence-corrected chi connectivity index (χ4v) is 10.5. The Labute approximate surface area is 315 Å². The van der Waals surface area contributed by atoms with Crippen LogP contribution < -0.4 is 0 Å². The average molecular weight is 709 g/mol. The number of fused-ring (bicyclic) bond motifs is 13. The van der Waals surface area contributed by atoms with Crippen molar-refractivity contribution in [1.29, 1.82) is 0 Å². The molecule has 11 aromatic rings. The SMILES string of the molecule is CC1(C)c2ccccc2-c2c1ccc1c2c2ccc(-n3c4ccccc4c4ccccc43)cc2n1-c1nc(-c2ccccc2)c2sc3ccccc3c2n1. The smallest absolute Gasteiger partial charge is 0.235 e. The number of hydrogen-bond acceptors (Lipinski definition) is 3. The first-order valence-corrected chi connectivity index (χ1v) is 19.3. The summed E-state index contributed by atoms with van der Waals surface area (Å²) in [5, 5.41) is 6.09. The van der Waals surface area contributed by atoms with E-state index in [1.54, 1.807) is 11.3 Å². The van der Waals surface area contributed by atoms with Gasteiger partial charge >= 0.3 is 0 Å². The van der Waals surface area contributed by atoms with Crippen LogP contribution >= 0.6 is 11.3 Å². The minimum absolute atomic E-state index is 0.122. The van der Waals surface area contributed by atoms with E-state index in [0.717, 1.165) is 43.6 Å². The topological polar surface area (TPSA) is 35.6 Å². The van der Waals surface area contributed by atoms with E-state index in [-0.39, 0.29) is 5.41 Å². The molecule has 0 fully saturated rings. The summed E-state index contributed by atoms with van der Waals surface area (Å²) in [7, 11) is 0. The van der Waals surface area contributed by atoms with Gasteiger partial charge in [-0.1, -0.05) is 135 Å². The van der Waals surface area contributed by atoms with E-state index in [2.05, 4.69) is 181 Å². The van der Waals surface area contributed by atoms with Crippen molar-refractivity contribution in [3.05, 3.63) is 169 Å². The Kier molecular flexibility index (Phi) is 5.96. The standard InChI is InChI=1S/C49H32N4S/c1-49(2)36-20-10-6-18-33(36)43-37(49)26-27-40-44(43)34-25-24-30(52-38-21-11-7-16-31(38)32-17-8-12-22-39(32)52)28-41(34)53(40)48-50-45(29-14-4-3-5-15-29)47-46(51-48)35-19-9-13-23-42(35)54-47/h3-28H,1-2H3. The highest BCUT2D eigenvalue weighted by molar-refractivity contribution is 7.26. The van der Waals surface area contributed by atoms with Gasteiger partial charge in [-0.2, -0.15) is 0 Å². The third-order valence-corrected chi connectivity index (χ3v) is 12.9. The largest absolute Gasteiger partial charge is 0.309 e. The Balaban J connectivity index is 1.25. The summed E-state index contributed by atoms with van der Waals surface area (Å²) >= 11 is 1.77. The predicted molar refractivity (Wildman–Crippen MR) is 227 cm³/mol. The van der Waals surface area contributed by atoms with Gasteiger partial charge in [0.1, 0.15) is 0 Å². The quantitative estimate of drug-likeness (QED) is 0.183. The zero-order chi connectivity index (χ0) is 35.7. The van der Waals surface area contributed by atoms with Crippen LogP contribution in [0, 0.1) is 0 Å². The van der Waals surface area contributed by atoms with Crippen molar-refractivity contribution in [1.82, 2.24) is 19.1 Å². The highest BCUT2D eigenvalue weighted by Crippen LogP contribution is 2.53. The summed E-state index contributed by atoms with van der Waals surface area (Å²) in [5.41, 5.74) is 13.9. The zero-order valence-electron chi connectivity index (χ0n) is 29.7. The van der Waals surface area contributed by atoms with E-state index in [1.807, 2.05) is 0 Å². The van der Waals surface area contributed by atoms with Crippen LogP contribution in [0.15, 0.2) is 158 Å². The summed E-state index contributed by atoms with van der Waals surface area (Å²) in [6, 6.07) is 57.2. The van der Waals surface area contributed by atoms with Gasteiger partial charge in [-0.3, -0.25) is 4.57 Å². The predicted octanol–water partition coefficient (Wildman–Crippen LogP) is 13.0. The Morgan fingerprint density at radius 1 is 0.519 bits per heavy atom. The van der Waals surface area contributed by atoms with E-state index in [9.17, 15) is 0 Å². The van der Waals surface area contributed by atoms with Crippen LogP contribution in [0.5, 0.6) is 0 Å². The number of thiophene rings is 1. The molecule has 0 atom stereocenters. The Bertz CT molecular complexity index is 3310. The molecule has 4 heterocycles. The molecule has 0 radical (unpaired) electrons. The second-order valence-corrected chi connectivity index (χ2v) is 16.0. The third kappa shape index (κ3) is 3.91. The molecular weight excluding hydrogens is 677 g/mol. The molecule has 0 saturated carbocycles. The molecule has 1 aliphatic carbocycles.